The van der Waals surface area contributed by atoms with Crippen LogP contribution in [0.2, 0.25) is 0 Å². The highest BCUT2D eigenvalue weighted by molar-refractivity contribution is 6.09. The van der Waals surface area contributed by atoms with Gasteiger partial charge in [-0.2, -0.15) is 0 Å². The van der Waals surface area contributed by atoms with Gasteiger partial charge in [-0.25, -0.2) is 0 Å². The largest absolute Gasteiger partial charge is 0.507 e. The van der Waals surface area contributed by atoms with Crippen molar-refractivity contribution in [1.82, 2.24) is 5.32 Å². The molecule has 4 nitrogen and oxygen atoms in total. The van der Waals surface area contributed by atoms with E-state index in [1.807, 2.05) is 6.07 Å². The summed E-state index contributed by atoms with van der Waals surface area (Å²) in [5, 5.41) is 13.4. The van der Waals surface area contributed by atoms with Gasteiger partial charge in [-0.3, -0.25) is 9.59 Å². The second-order valence-electron chi connectivity index (χ2n) is 6.14. The van der Waals surface area contributed by atoms with Crippen LogP contribution < -0.4 is 5.32 Å². The van der Waals surface area contributed by atoms with Crippen LogP contribution >= 0.6 is 0 Å². The first-order chi connectivity index (χ1) is 9.66. The molecule has 0 radical (unpaired) electrons. The van der Waals surface area contributed by atoms with Gasteiger partial charge < -0.3 is 10.4 Å². The van der Waals surface area contributed by atoms with Crippen LogP contribution in [0.5, 0.6) is 5.75 Å². The van der Waals surface area contributed by atoms with E-state index in [0.29, 0.717) is 18.5 Å². The minimum atomic E-state index is -0.545. The van der Waals surface area contributed by atoms with Crippen molar-refractivity contribution in [2.24, 2.45) is 5.92 Å². The summed E-state index contributed by atoms with van der Waals surface area (Å²) in [4.78, 5) is 25.4. The summed E-state index contributed by atoms with van der Waals surface area (Å²) in [6.45, 7) is 0.688. The predicted octanol–water partition coefficient (Wildman–Crippen LogP) is 1.56. The number of fused-ring (bicyclic) bond motifs is 1. The summed E-state index contributed by atoms with van der Waals surface area (Å²) in [6, 6.07) is 4.84. The Labute approximate surface area is 117 Å². The second kappa shape index (κ2) is 3.92. The summed E-state index contributed by atoms with van der Waals surface area (Å²) in [5.74, 6) is 0.268. The minimum Gasteiger partial charge on any atom is -0.507 e. The molecule has 1 aromatic carbocycles. The Bertz CT molecular complexity index is 624. The molecule has 1 aromatic rings. The Kier molecular flexibility index (Phi) is 2.37. The van der Waals surface area contributed by atoms with E-state index in [2.05, 4.69) is 5.32 Å². The van der Waals surface area contributed by atoms with E-state index in [-0.39, 0.29) is 29.3 Å². The zero-order chi connectivity index (χ0) is 13.9. The number of piperidine rings is 1. The number of carbonyl (C=O) groups excluding carboxylic acids is 2. The maximum Gasteiger partial charge on any atom is 0.184 e. The fourth-order valence-corrected chi connectivity index (χ4v) is 4.59. The van der Waals surface area contributed by atoms with Gasteiger partial charge in [0.2, 0.25) is 0 Å². The van der Waals surface area contributed by atoms with Crippen molar-refractivity contribution < 1.29 is 14.7 Å². The van der Waals surface area contributed by atoms with Crippen molar-refractivity contribution in [3.05, 3.63) is 29.3 Å². The van der Waals surface area contributed by atoms with Gasteiger partial charge in [0.15, 0.2) is 5.78 Å². The lowest BCUT2D eigenvalue weighted by molar-refractivity contribution is -0.131. The average Bonchev–Trinajstić information content (AvgIpc) is 2.45. The van der Waals surface area contributed by atoms with E-state index < -0.39 is 5.41 Å². The quantitative estimate of drug-likeness (QED) is 0.751. The Morgan fingerprint density at radius 1 is 1.30 bits per heavy atom. The predicted molar refractivity (Wildman–Crippen MR) is 72.9 cm³/mol. The molecule has 2 bridgehead atoms. The smallest absolute Gasteiger partial charge is 0.184 e. The zero-order valence-corrected chi connectivity index (χ0v) is 11.2. The summed E-state index contributed by atoms with van der Waals surface area (Å²) in [7, 11) is 0. The van der Waals surface area contributed by atoms with Crippen molar-refractivity contribution >= 4 is 11.6 Å². The molecule has 104 valence electrons. The number of hydrogen-bond donors (Lipinski definition) is 2. The fourth-order valence-electron chi connectivity index (χ4n) is 4.59. The van der Waals surface area contributed by atoms with E-state index in [1.165, 1.54) is 6.07 Å². The number of Topliss-reactive ketones (excluding diaryl/α,β-unsaturated/α-hetero) is 2. The Morgan fingerprint density at radius 3 is 3.00 bits per heavy atom. The number of hydrogen-bond acceptors (Lipinski definition) is 4. The van der Waals surface area contributed by atoms with Gasteiger partial charge in [-0.15, -0.1) is 0 Å². The normalized spacial score (nSPS) is 35.4. The highest BCUT2D eigenvalue weighted by Crippen LogP contribution is 2.53. The van der Waals surface area contributed by atoms with E-state index in [0.717, 1.165) is 24.8 Å². The van der Waals surface area contributed by atoms with Gasteiger partial charge in [0.05, 0.1) is 17.0 Å². The number of aromatic hydroxyl groups is 1. The number of phenols is 1. The molecule has 1 saturated carbocycles. The first-order valence-corrected chi connectivity index (χ1v) is 7.29. The standard InChI is InChI=1S/C16H17NO3/c18-11-5-1-3-9-13(11)15(20)14-10-4-2-6-12(19)16(9,10)7-8-17-14/h1,3,5,10,14,17-18H,2,4,6-8H2/t10-,14-,16+/m0/s1. The second-order valence-corrected chi connectivity index (χ2v) is 6.14. The number of carbonyl (C=O) groups is 2. The molecule has 2 N–H and O–H groups in total. The van der Waals surface area contributed by atoms with Crippen molar-refractivity contribution in [3.8, 4) is 5.75 Å². The SMILES string of the molecule is O=C1c2c(O)cccc2[C@]23CCN[C@H]1[C@@H]2CCCC3=O. The number of ketones is 2. The van der Waals surface area contributed by atoms with Gasteiger partial charge in [0.1, 0.15) is 11.5 Å². The van der Waals surface area contributed by atoms with Crippen LogP contribution in [0.25, 0.3) is 0 Å². The third-order valence-electron chi connectivity index (χ3n) is 5.39. The molecule has 4 rings (SSSR count). The van der Waals surface area contributed by atoms with Crippen LogP contribution in [0, 0.1) is 5.92 Å². The Balaban J connectivity index is 2.05. The average molecular weight is 271 g/mol. The lowest BCUT2D eigenvalue weighted by Gasteiger charge is -2.53. The summed E-state index contributed by atoms with van der Waals surface area (Å²) >= 11 is 0. The lowest BCUT2D eigenvalue weighted by Crippen LogP contribution is -2.65. The number of benzene rings is 1. The van der Waals surface area contributed by atoms with Crippen LogP contribution in [-0.4, -0.2) is 29.3 Å². The molecule has 0 spiro atoms. The minimum absolute atomic E-state index is 0.0115. The molecule has 1 aliphatic heterocycles. The third-order valence-corrected chi connectivity index (χ3v) is 5.39. The molecule has 0 amide bonds. The van der Waals surface area contributed by atoms with E-state index in [4.69, 9.17) is 0 Å². The third kappa shape index (κ3) is 1.25. The van der Waals surface area contributed by atoms with Gasteiger partial charge in [-0.1, -0.05) is 12.1 Å². The number of rotatable bonds is 0. The first kappa shape index (κ1) is 12.1. The molecule has 4 heteroatoms. The Morgan fingerprint density at radius 2 is 2.15 bits per heavy atom. The van der Waals surface area contributed by atoms with Crippen molar-refractivity contribution in [2.75, 3.05) is 6.54 Å². The molecular weight excluding hydrogens is 254 g/mol. The summed E-state index contributed by atoms with van der Waals surface area (Å²) in [6.07, 6.45) is 3.10. The van der Waals surface area contributed by atoms with Crippen LogP contribution in [0.4, 0.5) is 0 Å². The monoisotopic (exact) mass is 271 g/mol. The molecule has 2 aliphatic carbocycles. The highest BCUT2D eigenvalue weighted by Gasteiger charge is 2.59. The summed E-state index contributed by atoms with van der Waals surface area (Å²) < 4.78 is 0. The van der Waals surface area contributed by atoms with Gasteiger partial charge in [0, 0.05) is 6.42 Å². The zero-order valence-electron chi connectivity index (χ0n) is 11.2. The number of phenolic OH excluding ortho intramolecular Hbond substituents is 1. The van der Waals surface area contributed by atoms with Gasteiger partial charge in [-0.05, 0) is 43.4 Å². The lowest BCUT2D eigenvalue weighted by atomic mass is 9.52. The maximum absolute atomic E-state index is 12.7. The van der Waals surface area contributed by atoms with E-state index in [1.54, 1.807) is 6.07 Å². The molecular formula is C16H17NO3. The molecule has 3 atom stereocenters. The fraction of sp³-hybridized carbons (Fsp3) is 0.500. The summed E-state index contributed by atoms with van der Waals surface area (Å²) in [5.41, 5.74) is 0.599. The Hall–Kier alpha value is -1.68. The maximum atomic E-state index is 12.7. The van der Waals surface area contributed by atoms with Gasteiger partial charge >= 0.3 is 0 Å². The van der Waals surface area contributed by atoms with Crippen molar-refractivity contribution in [1.29, 1.82) is 0 Å². The first-order valence-electron chi connectivity index (χ1n) is 7.29. The molecule has 0 unspecified atom stereocenters. The van der Waals surface area contributed by atoms with Crippen molar-refractivity contribution in [3.63, 3.8) is 0 Å². The van der Waals surface area contributed by atoms with E-state index in [9.17, 15) is 14.7 Å². The van der Waals surface area contributed by atoms with Gasteiger partial charge in [0.25, 0.3) is 0 Å². The van der Waals surface area contributed by atoms with E-state index >= 15 is 0 Å². The molecule has 2 fully saturated rings. The molecule has 0 aromatic heterocycles. The highest BCUT2D eigenvalue weighted by atomic mass is 16.3. The number of nitrogens with one attached hydrogen (secondary N) is 1. The topological polar surface area (TPSA) is 66.4 Å². The molecule has 20 heavy (non-hydrogen) atoms. The van der Waals surface area contributed by atoms with Crippen LogP contribution in [-0.2, 0) is 10.2 Å². The van der Waals surface area contributed by atoms with Crippen molar-refractivity contribution in [2.45, 2.75) is 37.1 Å². The van der Waals surface area contributed by atoms with Crippen LogP contribution in [0.1, 0.15) is 41.6 Å². The van der Waals surface area contributed by atoms with Crippen LogP contribution in [0.15, 0.2) is 18.2 Å². The molecule has 3 aliphatic rings. The molecule has 1 saturated heterocycles. The molecule has 1 heterocycles. The van der Waals surface area contributed by atoms with Crippen LogP contribution in [0.3, 0.4) is 0 Å².